The lowest BCUT2D eigenvalue weighted by Gasteiger charge is -2.22. The normalized spacial score (nSPS) is 10.9. The van der Waals surface area contributed by atoms with Gasteiger partial charge in [-0.3, -0.25) is 4.84 Å². The van der Waals surface area contributed by atoms with E-state index in [1.807, 2.05) is 0 Å². The fraction of sp³-hybridized carbons (Fsp3) is 0.812. The van der Waals surface area contributed by atoms with Gasteiger partial charge in [-0.15, -0.1) is 0 Å². The number of hydroxylamine groups is 1. The first kappa shape index (κ1) is 21.3. The van der Waals surface area contributed by atoms with Gasteiger partial charge < -0.3 is 5.73 Å². The molecule has 2 N–H and O–H groups in total. The van der Waals surface area contributed by atoms with Crippen LogP contribution in [0.1, 0.15) is 59.3 Å². The summed E-state index contributed by atoms with van der Waals surface area (Å²) in [5.41, 5.74) is 5.82. The van der Waals surface area contributed by atoms with Crippen LogP contribution < -0.4 is 16.0 Å². The third-order valence-electron chi connectivity index (χ3n) is 3.27. The number of nitrogens with zero attached hydrogens (tertiary/aromatic N) is 5. The first-order valence-corrected chi connectivity index (χ1v) is 9.06. The third-order valence-corrected chi connectivity index (χ3v) is 3.27. The van der Waals surface area contributed by atoms with Crippen molar-refractivity contribution in [1.29, 1.82) is 0 Å². The number of unbranched alkanes of at least 4 members (excludes halogenated alkanes) is 3. The number of aromatic nitrogens is 3. The molecular weight excluding hydrogens is 324 g/mol. The van der Waals surface area contributed by atoms with Crippen LogP contribution in [0.5, 0.6) is 0 Å². The average molecular weight is 356 g/mol. The van der Waals surface area contributed by atoms with Crippen LogP contribution in [0.25, 0.3) is 0 Å². The first-order valence-electron chi connectivity index (χ1n) is 9.06. The number of rotatable bonds is 14. The lowest BCUT2D eigenvalue weighted by molar-refractivity contribution is -0.0942. The fourth-order valence-corrected chi connectivity index (χ4v) is 1.73. The van der Waals surface area contributed by atoms with Gasteiger partial charge in [-0.25, -0.2) is 14.7 Å². The molecular formula is C16H32N6O3. The Balaban J connectivity index is 2.84. The zero-order valence-corrected chi connectivity index (χ0v) is 15.9. The third kappa shape index (κ3) is 8.28. The van der Waals surface area contributed by atoms with Crippen molar-refractivity contribution < 1.29 is 14.5 Å². The number of hydrogen-bond donors (Lipinski definition) is 1. The van der Waals surface area contributed by atoms with E-state index in [1.165, 1.54) is 10.3 Å². The predicted octanol–water partition coefficient (Wildman–Crippen LogP) is 2.89. The molecule has 1 aromatic rings. The van der Waals surface area contributed by atoms with Crippen molar-refractivity contribution in [2.45, 2.75) is 59.3 Å². The second-order valence-corrected chi connectivity index (χ2v) is 5.61. The topological polar surface area (TPSA) is 98.9 Å². The molecule has 0 spiro atoms. The Labute approximate surface area is 150 Å². The van der Waals surface area contributed by atoms with Crippen LogP contribution in [0, 0.1) is 0 Å². The Kier molecular flexibility index (Phi) is 10.8. The van der Waals surface area contributed by atoms with Crippen molar-refractivity contribution in [2.75, 3.05) is 42.9 Å². The van der Waals surface area contributed by atoms with Crippen LogP contribution in [0.3, 0.4) is 0 Å². The number of anilines is 3. The van der Waals surface area contributed by atoms with Crippen molar-refractivity contribution in [2.24, 2.45) is 0 Å². The van der Waals surface area contributed by atoms with E-state index in [1.54, 1.807) is 7.05 Å². The monoisotopic (exact) mass is 356 g/mol. The van der Waals surface area contributed by atoms with E-state index in [0.29, 0.717) is 25.8 Å². The van der Waals surface area contributed by atoms with Gasteiger partial charge in [0.15, 0.2) is 0 Å². The molecule has 0 saturated heterocycles. The quantitative estimate of drug-likeness (QED) is 0.398. The predicted molar refractivity (Wildman–Crippen MR) is 97.7 cm³/mol. The summed E-state index contributed by atoms with van der Waals surface area (Å²) in [7, 11) is 1.73. The summed E-state index contributed by atoms with van der Waals surface area (Å²) in [4.78, 5) is 29.4. The summed E-state index contributed by atoms with van der Waals surface area (Å²) in [6.07, 6.45) is 5.83. The van der Waals surface area contributed by atoms with Crippen molar-refractivity contribution in [3.05, 3.63) is 0 Å². The molecule has 9 nitrogen and oxygen atoms in total. The molecule has 0 atom stereocenters. The van der Waals surface area contributed by atoms with Gasteiger partial charge in [-0.05, 0) is 19.3 Å². The molecule has 0 aliphatic heterocycles. The second-order valence-electron chi connectivity index (χ2n) is 5.61. The summed E-state index contributed by atoms with van der Waals surface area (Å²) in [5.74, 6) is 0.594. The number of nitrogens with two attached hydrogens (primary N) is 1. The maximum Gasteiger partial charge on any atom is 0.284 e. The van der Waals surface area contributed by atoms with Crippen LogP contribution in [0.4, 0.5) is 17.8 Å². The molecule has 0 aliphatic carbocycles. The molecule has 25 heavy (non-hydrogen) atoms. The molecule has 0 saturated carbocycles. The van der Waals surface area contributed by atoms with Crippen molar-refractivity contribution in [1.82, 2.24) is 15.0 Å². The molecule has 0 aliphatic rings. The molecule has 144 valence electrons. The summed E-state index contributed by atoms with van der Waals surface area (Å²) in [6, 6.07) is 0. The number of nitrogen functional groups attached to an aromatic ring is 1. The summed E-state index contributed by atoms with van der Waals surface area (Å²) < 4.78 is 0. The highest BCUT2D eigenvalue weighted by Crippen LogP contribution is 2.16. The second kappa shape index (κ2) is 12.6. The Bertz CT molecular complexity index is 467. The van der Waals surface area contributed by atoms with E-state index in [4.69, 9.17) is 20.2 Å². The number of hydrogen-bond acceptors (Lipinski definition) is 9. The lowest BCUT2D eigenvalue weighted by Crippen LogP contribution is -2.29. The molecule has 0 radical (unpaired) electrons. The van der Waals surface area contributed by atoms with Gasteiger partial charge in [0.05, 0.1) is 19.8 Å². The molecule has 1 heterocycles. The minimum absolute atomic E-state index is 0.0779. The zero-order valence-electron chi connectivity index (χ0n) is 15.9. The lowest BCUT2D eigenvalue weighted by atomic mass is 10.4. The zero-order chi connectivity index (χ0) is 18.5. The standard InChI is InChI=1S/C16H32N6O3/c1-5-8-11-23-21(4)15-18-14(17)19-16(20-15)22(24-12-9-6-2)25-13-10-7-3/h5-13H2,1-4H3,(H2,17,18,19,20). The molecule has 0 aromatic carbocycles. The highest BCUT2D eigenvalue weighted by atomic mass is 16.9. The SMILES string of the molecule is CCCCON(C)c1nc(N)nc(N(OCCCC)OCCCC)n1. The van der Waals surface area contributed by atoms with Crippen LogP contribution in [0.15, 0.2) is 0 Å². The molecule has 0 fully saturated rings. The van der Waals surface area contributed by atoms with E-state index < -0.39 is 0 Å². The molecule has 1 aromatic heterocycles. The molecule has 0 bridgehead atoms. The van der Waals surface area contributed by atoms with Gasteiger partial charge in [-0.1, -0.05) is 45.3 Å². The largest absolute Gasteiger partial charge is 0.368 e. The van der Waals surface area contributed by atoms with Gasteiger partial charge in [0.1, 0.15) is 0 Å². The van der Waals surface area contributed by atoms with E-state index in [9.17, 15) is 0 Å². The smallest absolute Gasteiger partial charge is 0.284 e. The molecule has 0 unspecified atom stereocenters. The fourth-order valence-electron chi connectivity index (χ4n) is 1.73. The van der Waals surface area contributed by atoms with Gasteiger partial charge in [0.25, 0.3) is 11.9 Å². The van der Waals surface area contributed by atoms with Crippen LogP contribution >= 0.6 is 0 Å². The maximum atomic E-state index is 5.82. The Morgan fingerprint density at radius 1 is 0.760 bits per heavy atom. The van der Waals surface area contributed by atoms with E-state index in [-0.39, 0.29) is 11.9 Å². The van der Waals surface area contributed by atoms with Crippen LogP contribution in [0.2, 0.25) is 0 Å². The average Bonchev–Trinajstić information content (AvgIpc) is 2.60. The van der Waals surface area contributed by atoms with E-state index in [0.717, 1.165) is 38.5 Å². The van der Waals surface area contributed by atoms with E-state index in [2.05, 4.69) is 35.7 Å². The summed E-state index contributed by atoms with van der Waals surface area (Å²) >= 11 is 0. The molecule has 9 heteroatoms. The molecule has 1 rings (SSSR count). The van der Waals surface area contributed by atoms with Crippen LogP contribution in [-0.2, 0) is 14.5 Å². The highest BCUT2D eigenvalue weighted by Gasteiger charge is 2.17. The minimum atomic E-state index is 0.0779. The molecule has 0 amide bonds. The van der Waals surface area contributed by atoms with Gasteiger partial charge in [0, 0.05) is 7.05 Å². The maximum absolute atomic E-state index is 5.82. The van der Waals surface area contributed by atoms with Crippen molar-refractivity contribution in [3.8, 4) is 0 Å². The Morgan fingerprint density at radius 2 is 1.24 bits per heavy atom. The van der Waals surface area contributed by atoms with E-state index >= 15 is 0 Å². The Hall–Kier alpha value is -1.71. The highest BCUT2D eigenvalue weighted by molar-refractivity contribution is 5.39. The van der Waals surface area contributed by atoms with Gasteiger partial charge in [0.2, 0.25) is 5.95 Å². The van der Waals surface area contributed by atoms with Gasteiger partial charge in [-0.2, -0.15) is 15.0 Å². The summed E-state index contributed by atoms with van der Waals surface area (Å²) in [5, 5.41) is 2.71. The van der Waals surface area contributed by atoms with Crippen LogP contribution in [-0.4, -0.2) is 41.8 Å². The summed E-state index contributed by atoms with van der Waals surface area (Å²) in [6.45, 7) is 7.87. The van der Waals surface area contributed by atoms with Gasteiger partial charge >= 0.3 is 0 Å². The first-order chi connectivity index (χ1) is 12.1. The van der Waals surface area contributed by atoms with Crippen molar-refractivity contribution in [3.63, 3.8) is 0 Å². The minimum Gasteiger partial charge on any atom is -0.368 e. The Morgan fingerprint density at radius 3 is 1.76 bits per heavy atom. The van der Waals surface area contributed by atoms with Crippen molar-refractivity contribution >= 4 is 17.8 Å².